The molecule has 0 fully saturated rings. The van der Waals surface area contributed by atoms with Gasteiger partial charge in [0.15, 0.2) is 0 Å². The lowest BCUT2D eigenvalue weighted by Gasteiger charge is -2.44. The van der Waals surface area contributed by atoms with Crippen LogP contribution in [0.3, 0.4) is 0 Å². The van der Waals surface area contributed by atoms with E-state index >= 15 is 0 Å². The van der Waals surface area contributed by atoms with Gasteiger partial charge in [-0.1, -0.05) is 191 Å². The van der Waals surface area contributed by atoms with E-state index in [0.29, 0.717) is 11.6 Å². The van der Waals surface area contributed by atoms with Crippen LogP contribution in [-0.4, -0.2) is 14.1 Å². The molecule has 372 valence electrons. The van der Waals surface area contributed by atoms with Crippen LogP contribution in [0.2, 0.25) is 0 Å². The first-order chi connectivity index (χ1) is 38.8. The molecule has 3 aliphatic carbocycles. The van der Waals surface area contributed by atoms with Crippen molar-refractivity contribution in [3.8, 4) is 67.0 Å². The normalized spacial score (nSPS) is 16.8. The van der Waals surface area contributed by atoms with Gasteiger partial charge in [0, 0.05) is 49.4 Å². The largest absolute Gasteiger partial charge is 0.438 e. The second kappa shape index (κ2) is 16.1. The maximum Gasteiger partial charge on any atom is 0.227 e. The second-order valence-electron chi connectivity index (χ2n) is 22.8. The van der Waals surface area contributed by atoms with Gasteiger partial charge in [-0.3, -0.25) is 0 Å². The van der Waals surface area contributed by atoms with E-state index in [-0.39, 0.29) is 10.8 Å². The van der Waals surface area contributed by atoms with Crippen molar-refractivity contribution in [2.75, 3.05) is 0 Å². The van der Waals surface area contributed by atoms with Crippen molar-refractivity contribution in [3.63, 3.8) is 0 Å². The smallest absolute Gasteiger partial charge is 0.227 e. The standard InChI is InChI=1S/C75H51N3O/c1-74(2)65-23-12-21-59-55-35-32-52(40-60(55)64-22-13-27-71(74)75(64,3)72(59)65)50-17-11-16-49(39-50)48-15-10-14-47(38-48)45-28-30-46(31-29-45)51-33-36-69-61(41-51)58-20-6-9-26-68(58)77(69)53-34-37-70-62(42-53)63-43-54(44-76-73(63)79-70)78-66-24-7-4-18-56(66)57-19-5-8-25-67(57)78/h4-44,64H,1-3H3. The van der Waals surface area contributed by atoms with Gasteiger partial charge >= 0.3 is 0 Å². The fraction of sp³-hybridized carbons (Fsp3) is 0.0800. The van der Waals surface area contributed by atoms with Crippen LogP contribution in [0.15, 0.2) is 259 Å². The topological polar surface area (TPSA) is 35.9 Å². The summed E-state index contributed by atoms with van der Waals surface area (Å²) in [6.45, 7) is 7.32. The highest BCUT2D eigenvalue weighted by Gasteiger charge is 2.56. The zero-order chi connectivity index (χ0) is 52.3. The summed E-state index contributed by atoms with van der Waals surface area (Å²) in [5, 5.41) is 6.89. The summed E-state index contributed by atoms with van der Waals surface area (Å²) in [6, 6.07) is 82.9. The first-order valence-corrected chi connectivity index (χ1v) is 27.6. The highest BCUT2D eigenvalue weighted by atomic mass is 16.3. The predicted octanol–water partition coefficient (Wildman–Crippen LogP) is 19.7. The zero-order valence-corrected chi connectivity index (χ0v) is 44.0. The third-order valence-electron chi connectivity index (χ3n) is 18.4. The molecule has 0 amide bonds. The maximum atomic E-state index is 6.41. The van der Waals surface area contributed by atoms with Crippen molar-refractivity contribution in [1.82, 2.24) is 14.1 Å². The van der Waals surface area contributed by atoms with E-state index in [1.165, 1.54) is 99.4 Å². The highest BCUT2D eigenvalue weighted by Crippen LogP contribution is 2.66. The quantitative estimate of drug-likeness (QED) is 0.166. The molecule has 4 heterocycles. The van der Waals surface area contributed by atoms with Crippen molar-refractivity contribution in [2.24, 2.45) is 0 Å². The van der Waals surface area contributed by atoms with E-state index in [1.54, 1.807) is 0 Å². The first kappa shape index (κ1) is 44.4. The van der Waals surface area contributed by atoms with E-state index < -0.39 is 0 Å². The summed E-state index contributed by atoms with van der Waals surface area (Å²) < 4.78 is 11.1. The molecule has 2 atom stereocenters. The molecule has 0 bridgehead atoms. The number of allylic oxidation sites excluding steroid dienone is 4. The molecule has 2 unspecified atom stereocenters. The molecule has 0 radical (unpaired) electrons. The molecule has 17 rings (SSSR count). The molecule has 4 aromatic heterocycles. The van der Waals surface area contributed by atoms with Gasteiger partial charge in [0.05, 0.1) is 39.3 Å². The molecule has 0 saturated heterocycles. The van der Waals surface area contributed by atoms with Gasteiger partial charge in [-0.05, 0) is 151 Å². The van der Waals surface area contributed by atoms with Crippen molar-refractivity contribution < 1.29 is 4.42 Å². The van der Waals surface area contributed by atoms with Gasteiger partial charge < -0.3 is 13.6 Å². The molecule has 79 heavy (non-hydrogen) atoms. The molecular weight excluding hydrogens is 959 g/mol. The Hall–Kier alpha value is -9.77. The Morgan fingerprint density at radius 3 is 1.65 bits per heavy atom. The highest BCUT2D eigenvalue weighted by molar-refractivity contribution is 6.13. The average Bonchev–Trinajstić information content (AvgIpc) is 3.99. The van der Waals surface area contributed by atoms with E-state index in [1.807, 2.05) is 6.20 Å². The molecule has 3 aliphatic rings. The Morgan fingerprint density at radius 2 is 0.962 bits per heavy atom. The molecular formula is C75H51N3O. The number of rotatable bonds is 6. The average molecular weight is 1010 g/mol. The van der Waals surface area contributed by atoms with Crippen LogP contribution in [-0.2, 0) is 10.8 Å². The lowest BCUT2D eigenvalue weighted by atomic mass is 9.58. The molecule has 0 spiro atoms. The van der Waals surface area contributed by atoms with E-state index in [9.17, 15) is 0 Å². The number of pyridine rings is 1. The molecule has 0 saturated carbocycles. The fourth-order valence-corrected chi connectivity index (χ4v) is 14.7. The Labute approximate surface area is 457 Å². The van der Waals surface area contributed by atoms with E-state index in [2.05, 4.69) is 273 Å². The van der Waals surface area contributed by atoms with Crippen LogP contribution in [0.25, 0.3) is 133 Å². The van der Waals surface area contributed by atoms with E-state index in [4.69, 9.17) is 9.40 Å². The minimum atomic E-state index is -0.0526. The van der Waals surface area contributed by atoms with E-state index in [0.717, 1.165) is 49.8 Å². The number of fused-ring (bicyclic) bond motifs is 12. The van der Waals surface area contributed by atoms with Gasteiger partial charge in [0.25, 0.3) is 0 Å². The van der Waals surface area contributed by atoms with Crippen LogP contribution in [0.4, 0.5) is 0 Å². The summed E-state index contributed by atoms with van der Waals surface area (Å²) >= 11 is 0. The number of aromatic nitrogens is 3. The SMILES string of the molecule is CC1(C)C2=CC=CC3c4cc(-c5cccc(-c6cccc(-c7ccc(-c8ccc9c(c8)c8ccccc8n9-c8ccc9oc%10ncc(-n%11c%12ccccc%12c%12ccccc%12%11)cc%10c9c8)cc7)c6)c5)ccc4-c4cccc1c4C23C. The lowest BCUT2D eigenvalue weighted by Crippen LogP contribution is -2.36. The Bertz CT molecular complexity index is 4960. The Kier molecular flexibility index (Phi) is 9.06. The van der Waals surface area contributed by atoms with Gasteiger partial charge in [-0.2, -0.15) is 0 Å². The lowest BCUT2D eigenvalue weighted by molar-refractivity contribution is 0.461. The van der Waals surface area contributed by atoms with Gasteiger partial charge in [0.1, 0.15) is 5.58 Å². The first-order valence-electron chi connectivity index (χ1n) is 27.6. The molecule has 10 aromatic carbocycles. The van der Waals surface area contributed by atoms with Crippen LogP contribution in [0.1, 0.15) is 43.4 Å². The number of furan rings is 1. The van der Waals surface area contributed by atoms with Gasteiger partial charge in [0.2, 0.25) is 5.71 Å². The summed E-state index contributed by atoms with van der Waals surface area (Å²) in [5.41, 5.74) is 26.5. The molecule has 0 aliphatic heterocycles. The monoisotopic (exact) mass is 1010 g/mol. The Morgan fingerprint density at radius 1 is 0.418 bits per heavy atom. The zero-order valence-electron chi connectivity index (χ0n) is 44.0. The minimum absolute atomic E-state index is 0.00229. The number of hydrogen-bond acceptors (Lipinski definition) is 2. The molecule has 4 nitrogen and oxygen atoms in total. The van der Waals surface area contributed by atoms with Crippen LogP contribution < -0.4 is 0 Å². The van der Waals surface area contributed by atoms with Crippen LogP contribution >= 0.6 is 0 Å². The van der Waals surface area contributed by atoms with Crippen LogP contribution in [0, 0.1) is 0 Å². The Balaban J connectivity index is 0.682. The van der Waals surface area contributed by atoms with Crippen LogP contribution in [0.5, 0.6) is 0 Å². The summed E-state index contributed by atoms with van der Waals surface area (Å²) in [7, 11) is 0. The third-order valence-corrected chi connectivity index (χ3v) is 18.4. The minimum Gasteiger partial charge on any atom is -0.438 e. The van der Waals surface area contributed by atoms with Crippen molar-refractivity contribution in [1.29, 1.82) is 0 Å². The number of benzene rings is 10. The molecule has 4 heteroatoms. The fourth-order valence-electron chi connectivity index (χ4n) is 14.7. The van der Waals surface area contributed by atoms with Gasteiger partial charge in [-0.25, -0.2) is 4.98 Å². The maximum absolute atomic E-state index is 6.41. The number of para-hydroxylation sites is 3. The third kappa shape index (κ3) is 6.23. The number of hydrogen-bond donors (Lipinski definition) is 0. The summed E-state index contributed by atoms with van der Waals surface area (Å²) in [6.07, 6.45) is 9.09. The van der Waals surface area contributed by atoms with Crippen molar-refractivity contribution >= 4 is 65.7 Å². The predicted molar refractivity (Wildman–Crippen MR) is 328 cm³/mol. The second-order valence-corrected chi connectivity index (χ2v) is 22.8. The summed E-state index contributed by atoms with van der Waals surface area (Å²) in [5.74, 6) is 0.291. The van der Waals surface area contributed by atoms with Gasteiger partial charge in [-0.15, -0.1) is 0 Å². The van der Waals surface area contributed by atoms with Crippen molar-refractivity contribution in [2.45, 2.75) is 37.5 Å². The van der Waals surface area contributed by atoms with Crippen molar-refractivity contribution in [3.05, 3.63) is 271 Å². The number of nitrogens with zero attached hydrogens (tertiary/aromatic N) is 3. The molecule has 14 aromatic rings. The summed E-state index contributed by atoms with van der Waals surface area (Å²) in [4.78, 5) is 4.90. The molecule has 0 N–H and O–H groups in total.